The van der Waals surface area contributed by atoms with Crippen LogP contribution >= 0.6 is 0 Å². The van der Waals surface area contributed by atoms with Gasteiger partial charge >= 0.3 is 0 Å². The molecule has 188 valence electrons. The Morgan fingerprint density at radius 2 is 1.71 bits per heavy atom. The summed E-state index contributed by atoms with van der Waals surface area (Å²) in [5.41, 5.74) is -0.498. The zero-order valence-corrected chi connectivity index (χ0v) is 19.4. The maximum atomic E-state index is 13.9. The van der Waals surface area contributed by atoms with Crippen molar-refractivity contribution in [3.8, 4) is 5.75 Å². The lowest BCUT2D eigenvalue weighted by Gasteiger charge is -2.34. The summed E-state index contributed by atoms with van der Waals surface area (Å²) in [6.07, 6.45) is 1.47. The van der Waals surface area contributed by atoms with Crippen molar-refractivity contribution in [2.75, 3.05) is 38.1 Å². The molecule has 35 heavy (non-hydrogen) atoms. The van der Waals surface area contributed by atoms with Crippen molar-refractivity contribution in [2.24, 2.45) is 5.92 Å². The van der Waals surface area contributed by atoms with Crippen LogP contribution in [0.1, 0.15) is 26.2 Å². The minimum atomic E-state index is -1.68. The van der Waals surface area contributed by atoms with Gasteiger partial charge in [0.25, 0.3) is 5.91 Å². The average molecular weight is 492 g/mol. The molecule has 1 N–H and O–H groups in total. The van der Waals surface area contributed by atoms with Crippen LogP contribution < -0.4 is 10.1 Å². The Bertz CT molecular complexity index is 1040. The lowest BCUT2D eigenvalue weighted by molar-refractivity contribution is -0.142. The highest BCUT2D eigenvalue weighted by Crippen LogP contribution is 2.22. The Balaban J connectivity index is 1.51. The topological polar surface area (TPSA) is 79.0 Å². The highest BCUT2D eigenvalue weighted by molar-refractivity contribution is 5.95. The van der Waals surface area contributed by atoms with Gasteiger partial charge in [0, 0.05) is 25.6 Å². The lowest BCUT2D eigenvalue weighted by Crippen LogP contribution is -2.47. The third kappa shape index (κ3) is 6.97. The van der Waals surface area contributed by atoms with Crippen molar-refractivity contribution in [1.82, 2.24) is 9.80 Å². The van der Waals surface area contributed by atoms with Gasteiger partial charge in [0.2, 0.25) is 11.8 Å². The standard InChI is InChI=1S/C25H28F3N3O4/c1-2-12-31(15-21(32)29-20-9-8-19(26)23(27)24(20)28)25(34)17-10-13-30(14-11-17)22(33)16-35-18-6-4-3-5-7-18/h3-9,17H,2,10-16H2,1H3,(H,29,32). The quantitative estimate of drug-likeness (QED) is 0.544. The van der Waals surface area contributed by atoms with E-state index in [0.717, 1.165) is 6.07 Å². The van der Waals surface area contributed by atoms with Crippen LogP contribution in [0.15, 0.2) is 42.5 Å². The first-order valence-electron chi connectivity index (χ1n) is 11.5. The molecule has 1 aliphatic rings. The van der Waals surface area contributed by atoms with Crippen LogP contribution in [0.5, 0.6) is 5.75 Å². The van der Waals surface area contributed by atoms with E-state index in [1.165, 1.54) is 4.90 Å². The number of likely N-dealkylation sites (tertiary alicyclic amines) is 1. The van der Waals surface area contributed by atoms with E-state index in [2.05, 4.69) is 5.32 Å². The SMILES string of the molecule is CCCN(CC(=O)Nc1ccc(F)c(F)c1F)C(=O)C1CCN(C(=O)COc2ccccc2)CC1. The van der Waals surface area contributed by atoms with Gasteiger partial charge in [0.05, 0.1) is 12.2 Å². The van der Waals surface area contributed by atoms with Crippen LogP contribution in [-0.4, -0.2) is 60.3 Å². The lowest BCUT2D eigenvalue weighted by atomic mass is 9.95. The van der Waals surface area contributed by atoms with Crippen molar-refractivity contribution in [3.63, 3.8) is 0 Å². The molecule has 0 saturated carbocycles. The fourth-order valence-corrected chi connectivity index (χ4v) is 3.91. The number of carbonyl (C=O) groups is 3. The number of halogens is 3. The molecule has 0 aliphatic carbocycles. The molecule has 0 spiro atoms. The van der Waals surface area contributed by atoms with Crippen LogP contribution in [0, 0.1) is 23.4 Å². The minimum Gasteiger partial charge on any atom is -0.484 e. The molecule has 0 atom stereocenters. The molecule has 1 saturated heterocycles. The molecular formula is C25H28F3N3O4. The number of rotatable bonds is 9. The normalized spacial score (nSPS) is 13.9. The number of hydrogen-bond donors (Lipinski definition) is 1. The average Bonchev–Trinajstić information content (AvgIpc) is 2.87. The van der Waals surface area contributed by atoms with E-state index in [9.17, 15) is 27.6 Å². The van der Waals surface area contributed by atoms with Gasteiger partial charge in [-0.1, -0.05) is 25.1 Å². The van der Waals surface area contributed by atoms with Gasteiger partial charge in [-0.05, 0) is 43.5 Å². The van der Waals surface area contributed by atoms with Gasteiger partial charge in [-0.2, -0.15) is 0 Å². The Kier molecular flexibility index (Phi) is 9.11. The predicted molar refractivity (Wildman–Crippen MR) is 123 cm³/mol. The molecule has 0 unspecified atom stereocenters. The van der Waals surface area contributed by atoms with Gasteiger partial charge in [0.15, 0.2) is 24.1 Å². The van der Waals surface area contributed by atoms with Crippen LogP contribution in [0.3, 0.4) is 0 Å². The number of carbonyl (C=O) groups excluding carboxylic acids is 3. The summed E-state index contributed by atoms with van der Waals surface area (Å²) in [4.78, 5) is 40.9. The summed E-state index contributed by atoms with van der Waals surface area (Å²) >= 11 is 0. The number of ether oxygens (including phenoxy) is 1. The number of nitrogens with one attached hydrogen (secondary N) is 1. The maximum Gasteiger partial charge on any atom is 0.260 e. The zero-order chi connectivity index (χ0) is 25.4. The summed E-state index contributed by atoms with van der Waals surface area (Å²) in [5, 5.41) is 2.19. The first-order valence-corrected chi connectivity index (χ1v) is 11.5. The number of anilines is 1. The first-order chi connectivity index (χ1) is 16.8. The number of amides is 3. The molecule has 0 bridgehead atoms. The fraction of sp³-hybridized carbons (Fsp3) is 0.400. The molecule has 1 fully saturated rings. The minimum absolute atomic E-state index is 0.0920. The van der Waals surface area contributed by atoms with E-state index in [4.69, 9.17) is 4.74 Å². The van der Waals surface area contributed by atoms with Gasteiger partial charge in [0.1, 0.15) is 5.75 Å². The van der Waals surface area contributed by atoms with E-state index in [-0.39, 0.29) is 30.9 Å². The summed E-state index contributed by atoms with van der Waals surface area (Å²) < 4.78 is 45.9. The largest absolute Gasteiger partial charge is 0.484 e. The second-order valence-corrected chi connectivity index (χ2v) is 8.29. The van der Waals surface area contributed by atoms with Crippen LogP contribution in [0.2, 0.25) is 0 Å². The summed E-state index contributed by atoms with van der Waals surface area (Å²) in [7, 11) is 0. The van der Waals surface area contributed by atoms with Crippen LogP contribution in [0.4, 0.5) is 18.9 Å². The molecular weight excluding hydrogens is 463 g/mol. The van der Waals surface area contributed by atoms with E-state index >= 15 is 0 Å². The molecule has 2 aromatic carbocycles. The molecule has 3 rings (SSSR count). The molecule has 3 amide bonds. The molecule has 0 radical (unpaired) electrons. The van der Waals surface area contributed by atoms with Gasteiger partial charge in [-0.25, -0.2) is 13.2 Å². The summed E-state index contributed by atoms with van der Waals surface area (Å²) in [6.45, 7) is 2.48. The summed E-state index contributed by atoms with van der Waals surface area (Å²) in [6, 6.07) is 10.6. The fourth-order valence-electron chi connectivity index (χ4n) is 3.91. The van der Waals surface area contributed by atoms with Crippen LogP contribution in [-0.2, 0) is 14.4 Å². The molecule has 2 aromatic rings. The molecule has 0 aromatic heterocycles. The van der Waals surface area contributed by atoms with Gasteiger partial charge in [-0.15, -0.1) is 0 Å². The smallest absolute Gasteiger partial charge is 0.260 e. The zero-order valence-electron chi connectivity index (χ0n) is 19.4. The van der Waals surface area contributed by atoms with Crippen molar-refractivity contribution < 1.29 is 32.3 Å². The second kappa shape index (κ2) is 12.2. The predicted octanol–water partition coefficient (Wildman–Crippen LogP) is 3.60. The van der Waals surface area contributed by atoms with E-state index < -0.39 is 29.0 Å². The van der Waals surface area contributed by atoms with Gasteiger partial charge in [-0.3, -0.25) is 14.4 Å². The van der Waals surface area contributed by atoms with Crippen LogP contribution in [0.25, 0.3) is 0 Å². The number of benzene rings is 2. The maximum absolute atomic E-state index is 13.9. The Morgan fingerprint density at radius 3 is 2.37 bits per heavy atom. The number of nitrogens with zero attached hydrogens (tertiary/aromatic N) is 2. The molecule has 10 heteroatoms. The molecule has 1 aliphatic heterocycles. The number of piperidine rings is 1. The summed E-state index contributed by atoms with van der Waals surface area (Å²) in [5.74, 6) is -5.43. The Morgan fingerprint density at radius 1 is 1.03 bits per heavy atom. The monoisotopic (exact) mass is 491 g/mol. The highest BCUT2D eigenvalue weighted by atomic mass is 19.2. The third-order valence-electron chi connectivity index (χ3n) is 5.75. The molecule has 7 nitrogen and oxygen atoms in total. The number of para-hydroxylation sites is 1. The number of hydrogen-bond acceptors (Lipinski definition) is 4. The first kappa shape index (κ1) is 26.1. The van der Waals surface area contributed by atoms with E-state index in [0.29, 0.717) is 50.7 Å². The van der Waals surface area contributed by atoms with Gasteiger partial charge < -0.3 is 19.9 Å². The second-order valence-electron chi connectivity index (χ2n) is 8.29. The third-order valence-corrected chi connectivity index (χ3v) is 5.75. The van der Waals surface area contributed by atoms with Crippen molar-refractivity contribution in [2.45, 2.75) is 26.2 Å². The Labute approximate surface area is 201 Å². The van der Waals surface area contributed by atoms with Crippen molar-refractivity contribution in [1.29, 1.82) is 0 Å². The Hall–Kier alpha value is -3.56. The van der Waals surface area contributed by atoms with E-state index in [1.54, 1.807) is 17.0 Å². The van der Waals surface area contributed by atoms with E-state index in [1.807, 2.05) is 25.1 Å². The van der Waals surface area contributed by atoms with Crippen molar-refractivity contribution in [3.05, 3.63) is 59.9 Å². The highest BCUT2D eigenvalue weighted by Gasteiger charge is 2.31. The van der Waals surface area contributed by atoms with Crippen molar-refractivity contribution >= 4 is 23.4 Å². The molecule has 1 heterocycles.